The Morgan fingerprint density at radius 1 is 1.24 bits per heavy atom. The molecule has 0 aromatic rings. The number of ether oxygens (including phenoxy) is 2. The van der Waals surface area contributed by atoms with Gasteiger partial charge in [0.2, 0.25) is 0 Å². The van der Waals surface area contributed by atoms with Gasteiger partial charge in [0.25, 0.3) is 0 Å². The molecule has 100 valence electrons. The van der Waals surface area contributed by atoms with Crippen LogP contribution in [-0.2, 0) is 14.3 Å². The molecule has 17 heavy (non-hydrogen) atoms. The van der Waals surface area contributed by atoms with Gasteiger partial charge in [-0.1, -0.05) is 0 Å². The van der Waals surface area contributed by atoms with Crippen LogP contribution in [0.2, 0.25) is 0 Å². The first kappa shape index (κ1) is 15.5. The van der Waals surface area contributed by atoms with Crippen LogP contribution in [0, 0.1) is 0 Å². The average Bonchev–Trinajstić information content (AvgIpc) is 2.19. The summed E-state index contributed by atoms with van der Waals surface area (Å²) in [6.45, 7) is 5.20. The van der Waals surface area contributed by atoms with Gasteiger partial charge in [-0.3, -0.25) is 0 Å². The van der Waals surface area contributed by atoms with Gasteiger partial charge in [0.15, 0.2) is 0 Å². The van der Waals surface area contributed by atoms with Crippen molar-refractivity contribution < 1.29 is 29.0 Å². The number of carbonyl (C=O) groups excluding carboxylic acids is 2. The van der Waals surface area contributed by atoms with E-state index in [0.717, 1.165) is 0 Å². The molecule has 0 aromatic heterocycles. The van der Waals surface area contributed by atoms with E-state index in [9.17, 15) is 9.59 Å². The highest BCUT2D eigenvalue weighted by molar-refractivity contribution is 5.69. The second-order valence-corrected chi connectivity index (χ2v) is 4.24. The molecular weight excluding hydrogens is 230 g/mol. The van der Waals surface area contributed by atoms with Crippen molar-refractivity contribution in [2.75, 3.05) is 13.2 Å². The fraction of sp³-hybridized carbons (Fsp3) is 0.800. The highest BCUT2D eigenvalue weighted by Gasteiger charge is 2.17. The molecule has 7 heteroatoms. The molecular formula is C10H19NO6. The lowest BCUT2D eigenvalue weighted by molar-refractivity contribution is -0.0106. The van der Waals surface area contributed by atoms with Gasteiger partial charge in [-0.2, -0.15) is 0 Å². The van der Waals surface area contributed by atoms with E-state index in [1.165, 1.54) is 0 Å². The topological polar surface area (TPSA) is 94.1 Å². The maximum Gasteiger partial charge on any atom is 0.533 e. The van der Waals surface area contributed by atoms with Crippen LogP contribution < -0.4 is 5.48 Å². The zero-order valence-electron chi connectivity index (χ0n) is 10.3. The maximum atomic E-state index is 11.0. The van der Waals surface area contributed by atoms with Gasteiger partial charge in [0, 0.05) is 6.61 Å². The van der Waals surface area contributed by atoms with Crippen molar-refractivity contribution >= 4 is 12.2 Å². The van der Waals surface area contributed by atoms with Crippen molar-refractivity contribution in [1.82, 2.24) is 5.48 Å². The van der Waals surface area contributed by atoms with Gasteiger partial charge in [-0.25, -0.2) is 9.59 Å². The Morgan fingerprint density at radius 3 is 2.41 bits per heavy atom. The van der Waals surface area contributed by atoms with Crippen LogP contribution in [0.1, 0.15) is 33.6 Å². The average molecular weight is 249 g/mol. The van der Waals surface area contributed by atoms with Crippen molar-refractivity contribution in [3.63, 3.8) is 0 Å². The largest absolute Gasteiger partial charge is 0.533 e. The van der Waals surface area contributed by atoms with Gasteiger partial charge in [0.05, 0.1) is 6.61 Å². The summed E-state index contributed by atoms with van der Waals surface area (Å²) in [6.07, 6.45) is -0.830. The third-order valence-corrected chi connectivity index (χ3v) is 1.39. The first-order valence-corrected chi connectivity index (χ1v) is 5.28. The maximum absolute atomic E-state index is 11.0. The van der Waals surface area contributed by atoms with Crippen LogP contribution in [0.3, 0.4) is 0 Å². The van der Waals surface area contributed by atoms with E-state index in [1.807, 2.05) is 0 Å². The first-order valence-electron chi connectivity index (χ1n) is 5.28. The summed E-state index contributed by atoms with van der Waals surface area (Å²) < 4.78 is 9.40. The predicted octanol–water partition coefficient (Wildman–Crippen LogP) is 1.35. The van der Waals surface area contributed by atoms with Crippen LogP contribution in [0.5, 0.6) is 0 Å². The van der Waals surface area contributed by atoms with Crippen LogP contribution in [-0.4, -0.2) is 36.2 Å². The SMILES string of the molecule is CC(C)(C)OC(=O)NOC(=O)OCCCCO. The lowest BCUT2D eigenvalue weighted by atomic mass is 10.2. The van der Waals surface area contributed by atoms with Gasteiger partial charge in [-0.05, 0) is 33.6 Å². The first-order chi connectivity index (χ1) is 7.85. The summed E-state index contributed by atoms with van der Waals surface area (Å²) in [6, 6.07) is 0. The quantitative estimate of drug-likeness (QED) is 0.443. The zero-order valence-corrected chi connectivity index (χ0v) is 10.3. The number of unbranched alkanes of at least 4 members (excludes halogenated alkanes) is 1. The van der Waals surface area contributed by atoms with E-state index in [4.69, 9.17) is 9.84 Å². The summed E-state index contributed by atoms with van der Waals surface area (Å²) >= 11 is 0. The van der Waals surface area contributed by atoms with Gasteiger partial charge in [0.1, 0.15) is 5.60 Å². The van der Waals surface area contributed by atoms with Gasteiger partial charge >= 0.3 is 12.2 Å². The predicted molar refractivity (Wildman–Crippen MR) is 58.1 cm³/mol. The Labute approximate surface area is 100.0 Å². The van der Waals surface area contributed by atoms with Crippen molar-refractivity contribution in [3.8, 4) is 0 Å². The molecule has 0 radical (unpaired) electrons. The number of nitrogens with one attached hydrogen (secondary N) is 1. The molecule has 0 fully saturated rings. The zero-order chi connectivity index (χ0) is 13.3. The molecule has 0 aliphatic carbocycles. The van der Waals surface area contributed by atoms with E-state index in [2.05, 4.69) is 9.57 Å². The highest BCUT2D eigenvalue weighted by atomic mass is 16.8. The molecule has 0 aromatic carbocycles. The molecule has 2 N–H and O–H groups in total. The second-order valence-electron chi connectivity index (χ2n) is 4.24. The summed E-state index contributed by atoms with van der Waals surface area (Å²) in [5.41, 5.74) is 1.13. The van der Waals surface area contributed by atoms with Crippen molar-refractivity contribution in [3.05, 3.63) is 0 Å². The molecule has 0 aliphatic rings. The minimum Gasteiger partial charge on any atom is -0.442 e. The number of hydrogen-bond donors (Lipinski definition) is 2. The van der Waals surface area contributed by atoms with Gasteiger partial charge in [-0.15, -0.1) is 5.48 Å². The minimum absolute atomic E-state index is 0.0363. The Morgan fingerprint density at radius 2 is 1.88 bits per heavy atom. The fourth-order valence-electron chi connectivity index (χ4n) is 0.781. The van der Waals surface area contributed by atoms with E-state index in [1.54, 1.807) is 26.3 Å². The van der Waals surface area contributed by atoms with E-state index in [0.29, 0.717) is 12.8 Å². The third-order valence-electron chi connectivity index (χ3n) is 1.39. The van der Waals surface area contributed by atoms with Crippen LogP contribution in [0.25, 0.3) is 0 Å². The van der Waals surface area contributed by atoms with E-state index >= 15 is 0 Å². The standard InChI is InChI=1S/C10H19NO6/c1-10(2,3)16-8(13)11-17-9(14)15-7-5-4-6-12/h12H,4-7H2,1-3H3,(H,11,13). The number of hydroxylamine groups is 1. The van der Waals surface area contributed by atoms with Gasteiger partial charge < -0.3 is 19.4 Å². The summed E-state index contributed by atoms with van der Waals surface area (Å²) in [5, 5.41) is 8.47. The second kappa shape index (κ2) is 7.72. The molecule has 0 unspecified atom stereocenters. The number of carbonyl (C=O) groups is 2. The molecule has 0 heterocycles. The molecule has 0 aliphatic heterocycles. The minimum atomic E-state index is -1.02. The third kappa shape index (κ3) is 10.8. The molecule has 0 rings (SSSR count). The Bertz CT molecular complexity index is 248. The van der Waals surface area contributed by atoms with Crippen molar-refractivity contribution in [2.24, 2.45) is 0 Å². The summed E-state index contributed by atoms with van der Waals surface area (Å²) in [4.78, 5) is 26.2. The number of aliphatic hydroxyl groups is 1. The molecule has 0 saturated heterocycles. The van der Waals surface area contributed by atoms with E-state index in [-0.39, 0.29) is 13.2 Å². The monoisotopic (exact) mass is 249 g/mol. The van der Waals surface area contributed by atoms with Crippen LogP contribution in [0.4, 0.5) is 9.59 Å². The molecule has 7 nitrogen and oxygen atoms in total. The van der Waals surface area contributed by atoms with Crippen LogP contribution in [0.15, 0.2) is 0 Å². The smallest absolute Gasteiger partial charge is 0.442 e. The van der Waals surface area contributed by atoms with E-state index < -0.39 is 17.8 Å². The molecule has 0 saturated carbocycles. The molecule has 1 amide bonds. The van der Waals surface area contributed by atoms with Crippen molar-refractivity contribution in [2.45, 2.75) is 39.2 Å². The molecule has 0 bridgehead atoms. The molecule has 0 spiro atoms. The van der Waals surface area contributed by atoms with Crippen molar-refractivity contribution in [1.29, 1.82) is 0 Å². The normalized spacial score (nSPS) is 10.6. The number of amides is 1. The summed E-state index contributed by atoms with van der Waals surface area (Å²) in [5.74, 6) is 0. The number of rotatable bonds is 4. The molecule has 0 atom stereocenters. The fourth-order valence-corrected chi connectivity index (χ4v) is 0.781. The number of aliphatic hydroxyl groups excluding tert-OH is 1. The Hall–Kier alpha value is -1.50. The Kier molecular flexibility index (Phi) is 7.04. The lowest BCUT2D eigenvalue weighted by Crippen LogP contribution is -2.34. The van der Waals surface area contributed by atoms with Crippen LogP contribution >= 0.6 is 0 Å². The highest BCUT2D eigenvalue weighted by Crippen LogP contribution is 2.06. The summed E-state index contributed by atoms with van der Waals surface area (Å²) in [7, 11) is 0. The number of hydrogen-bond acceptors (Lipinski definition) is 6. The Balaban J connectivity index is 3.59. The lowest BCUT2D eigenvalue weighted by Gasteiger charge is -2.18.